The van der Waals surface area contributed by atoms with Crippen molar-refractivity contribution < 1.29 is 22.7 Å². The number of rotatable bonds is 6. The maximum Gasteiger partial charge on any atom is 0.257 e. The Bertz CT molecular complexity index is 1240. The van der Waals surface area contributed by atoms with Gasteiger partial charge in [-0.3, -0.25) is 9.59 Å². The standard InChI is InChI=1S/C26H36N4O5S/c1-17-8-9-22(35-4)21(16-17)28-25(31)20-10-14-30(15-11-20)36(33,34)24-19(3)27-18(2)23(24)26(32)29-12-6-5-7-13-29/h8-9,16,20,27H,5-7,10-15H2,1-4H3,(H,28,31). The fraction of sp³-hybridized carbons (Fsp3) is 0.538. The minimum absolute atomic E-state index is 0.0722. The summed E-state index contributed by atoms with van der Waals surface area (Å²) in [5.41, 5.74) is 2.90. The Hall–Kier alpha value is -2.85. The highest BCUT2D eigenvalue weighted by Crippen LogP contribution is 2.32. The molecule has 0 unspecified atom stereocenters. The molecule has 2 aliphatic rings. The third-order valence-electron chi connectivity index (χ3n) is 7.21. The first-order chi connectivity index (χ1) is 17.1. The summed E-state index contributed by atoms with van der Waals surface area (Å²) in [6.45, 7) is 7.11. The van der Waals surface area contributed by atoms with Crippen LogP contribution in [0.25, 0.3) is 0 Å². The van der Waals surface area contributed by atoms with E-state index < -0.39 is 10.0 Å². The molecule has 2 N–H and O–H groups in total. The Morgan fingerprint density at radius 1 is 1.00 bits per heavy atom. The van der Waals surface area contributed by atoms with E-state index in [9.17, 15) is 18.0 Å². The molecule has 0 saturated carbocycles. The average Bonchev–Trinajstić information content (AvgIpc) is 3.18. The summed E-state index contributed by atoms with van der Waals surface area (Å²) in [7, 11) is -2.35. The van der Waals surface area contributed by atoms with Gasteiger partial charge in [0.25, 0.3) is 5.91 Å². The number of ether oxygens (including phenoxy) is 1. The third kappa shape index (κ3) is 5.15. The van der Waals surface area contributed by atoms with Crippen molar-refractivity contribution in [2.45, 2.75) is 57.8 Å². The summed E-state index contributed by atoms with van der Waals surface area (Å²) in [6.07, 6.45) is 3.74. The fourth-order valence-corrected chi connectivity index (χ4v) is 7.12. The average molecular weight is 517 g/mol. The second kappa shape index (κ2) is 10.6. The van der Waals surface area contributed by atoms with Gasteiger partial charge in [-0.05, 0) is 70.6 Å². The van der Waals surface area contributed by atoms with E-state index in [0.717, 1.165) is 24.8 Å². The number of nitrogens with zero attached hydrogens (tertiary/aromatic N) is 2. The number of aromatic nitrogens is 1. The van der Waals surface area contributed by atoms with Crippen LogP contribution in [0.4, 0.5) is 5.69 Å². The van der Waals surface area contributed by atoms with E-state index in [-0.39, 0.29) is 41.3 Å². The van der Waals surface area contributed by atoms with Crippen molar-refractivity contribution >= 4 is 27.5 Å². The van der Waals surface area contributed by atoms with Crippen molar-refractivity contribution in [1.29, 1.82) is 0 Å². The second-order valence-corrected chi connectivity index (χ2v) is 11.7. The van der Waals surface area contributed by atoms with Gasteiger partial charge in [0.1, 0.15) is 10.6 Å². The number of methoxy groups -OCH3 is 1. The number of sulfonamides is 1. The highest BCUT2D eigenvalue weighted by Gasteiger charge is 2.38. The summed E-state index contributed by atoms with van der Waals surface area (Å²) in [6, 6.07) is 5.57. The van der Waals surface area contributed by atoms with Crippen molar-refractivity contribution in [1.82, 2.24) is 14.2 Å². The van der Waals surface area contributed by atoms with Gasteiger partial charge in [-0.15, -0.1) is 0 Å². The van der Waals surface area contributed by atoms with Crippen LogP contribution in [0.15, 0.2) is 23.1 Å². The van der Waals surface area contributed by atoms with Crippen LogP contribution in [0.2, 0.25) is 0 Å². The molecule has 0 aliphatic carbocycles. The Morgan fingerprint density at radius 3 is 2.31 bits per heavy atom. The molecule has 10 heteroatoms. The summed E-state index contributed by atoms with van der Waals surface area (Å²) in [5, 5.41) is 2.94. The molecule has 2 amide bonds. The number of amides is 2. The highest BCUT2D eigenvalue weighted by atomic mass is 32.2. The largest absolute Gasteiger partial charge is 0.495 e. The molecule has 196 valence electrons. The third-order valence-corrected chi connectivity index (χ3v) is 9.28. The van der Waals surface area contributed by atoms with Crippen LogP contribution in [0.1, 0.15) is 59.4 Å². The number of aryl methyl sites for hydroxylation is 3. The molecule has 0 radical (unpaired) electrons. The molecular formula is C26H36N4O5S. The number of H-pyrrole nitrogens is 1. The van der Waals surface area contributed by atoms with E-state index in [1.54, 1.807) is 25.9 Å². The summed E-state index contributed by atoms with van der Waals surface area (Å²) in [5.74, 6) is -0.106. The minimum atomic E-state index is -3.91. The van der Waals surface area contributed by atoms with Gasteiger partial charge in [-0.25, -0.2) is 8.42 Å². The number of anilines is 1. The van der Waals surface area contributed by atoms with Gasteiger partial charge in [0.15, 0.2) is 0 Å². The Balaban J connectivity index is 1.48. The monoisotopic (exact) mass is 516 g/mol. The van der Waals surface area contributed by atoms with Crippen LogP contribution in [0.3, 0.4) is 0 Å². The van der Waals surface area contributed by atoms with Crippen molar-refractivity contribution in [3.8, 4) is 5.75 Å². The number of benzene rings is 1. The zero-order valence-electron chi connectivity index (χ0n) is 21.5. The summed E-state index contributed by atoms with van der Waals surface area (Å²) >= 11 is 0. The van der Waals surface area contributed by atoms with Crippen molar-refractivity contribution in [3.05, 3.63) is 40.7 Å². The topological polar surface area (TPSA) is 112 Å². The lowest BCUT2D eigenvalue weighted by Crippen LogP contribution is -2.42. The number of carbonyl (C=O) groups is 2. The van der Waals surface area contributed by atoms with Gasteiger partial charge < -0.3 is 19.9 Å². The molecule has 0 bridgehead atoms. The molecule has 0 atom stereocenters. The number of nitrogens with one attached hydrogen (secondary N) is 2. The predicted octanol–water partition coefficient (Wildman–Crippen LogP) is 3.61. The number of aromatic amines is 1. The molecule has 2 aliphatic heterocycles. The molecule has 2 saturated heterocycles. The smallest absolute Gasteiger partial charge is 0.257 e. The van der Waals surface area contributed by atoms with E-state index >= 15 is 0 Å². The van der Waals surface area contributed by atoms with Crippen molar-refractivity contribution in [2.75, 3.05) is 38.6 Å². The molecule has 3 heterocycles. The fourth-order valence-electron chi connectivity index (χ4n) is 5.24. The highest BCUT2D eigenvalue weighted by molar-refractivity contribution is 7.89. The molecule has 2 aromatic rings. The van der Waals surface area contributed by atoms with E-state index in [0.29, 0.717) is 48.8 Å². The van der Waals surface area contributed by atoms with Gasteiger partial charge in [0.05, 0.1) is 18.4 Å². The molecule has 1 aromatic heterocycles. The number of piperidine rings is 2. The first kappa shape index (κ1) is 26.2. The first-order valence-electron chi connectivity index (χ1n) is 12.6. The van der Waals surface area contributed by atoms with E-state index in [1.807, 2.05) is 25.1 Å². The Morgan fingerprint density at radius 2 is 1.67 bits per heavy atom. The number of carbonyl (C=O) groups excluding carboxylic acids is 2. The van der Waals surface area contributed by atoms with Gasteiger partial charge in [-0.1, -0.05) is 6.07 Å². The van der Waals surface area contributed by atoms with Crippen LogP contribution in [0.5, 0.6) is 5.75 Å². The molecule has 2 fully saturated rings. The van der Waals surface area contributed by atoms with Crippen molar-refractivity contribution in [3.63, 3.8) is 0 Å². The predicted molar refractivity (Wildman–Crippen MR) is 138 cm³/mol. The van der Waals surface area contributed by atoms with Crippen LogP contribution >= 0.6 is 0 Å². The van der Waals surface area contributed by atoms with E-state index in [1.165, 1.54) is 4.31 Å². The molecule has 4 rings (SSSR count). The number of hydrogen-bond acceptors (Lipinski definition) is 5. The Kier molecular flexibility index (Phi) is 7.75. The molecular weight excluding hydrogens is 480 g/mol. The van der Waals surface area contributed by atoms with E-state index in [2.05, 4.69) is 10.3 Å². The summed E-state index contributed by atoms with van der Waals surface area (Å²) < 4.78 is 34.2. The van der Waals surface area contributed by atoms with E-state index in [4.69, 9.17) is 4.74 Å². The van der Waals surface area contributed by atoms with Crippen LogP contribution < -0.4 is 10.1 Å². The maximum atomic E-state index is 13.7. The van der Waals surface area contributed by atoms with Gasteiger partial charge in [0, 0.05) is 43.5 Å². The lowest BCUT2D eigenvalue weighted by molar-refractivity contribution is -0.120. The van der Waals surface area contributed by atoms with Gasteiger partial charge >= 0.3 is 0 Å². The van der Waals surface area contributed by atoms with Gasteiger partial charge in [0.2, 0.25) is 15.9 Å². The number of hydrogen-bond donors (Lipinski definition) is 2. The quantitative estimate of drug-likeness (QED) is 0.609. The molecule has 36 heavy (non-hydrogen) atoms. The summed E-state index contributed by atoms with van der Waals surface area (Å²) in [4.78, 5) is 31.2. The Labute approximate surface area is 213 Å². The van der Waals surface area contributed by atoms with Crippen LogP contribution in [-0.2, 0) is 14.8 Å². The van der Waals surface area contributed by atoms with Crippen LogP contribution in [-0.4, -0.2) is 67.7 Å². The normalized spacial score (nSPS) is 17.7. The SMILES string of the molecule is COc1ccc(C)cc1NC(=O)C1CCN(S(=O)(=O)c2c(C)[nH]c(C)c2C(=O)N2CCCCC2)CC1. The molecule has 0 spiro atoms. The zero-order chi connectivity index (χ0) is 26.0. The van der Waals surface area contributed by atoms with Crippen LogP contribution in [0, 0.1) is 26.7 Å². The van der Waals surface area contributed by atoms with Gasteiger partial charge in [-0.2, -0.15) is 4.31 Å². The zero-order valence-corrected chi connectivity index (χ0v) is 22.3. The second-order valence-electron chi connectivity index (χ2n) is 9.80. The maximum absolute atomic E-state index is 13.7. The number of likely N-dealkylation sites (tertiary alicyclic amines) is 1. The lowest BCUT2D eigenvalue weighted by atomic mass is 9.97. The first-order valence-corrected chi connectivity index (χ1v) is 14.0. The minimum Gasteiger partial charge on any atom is -0.495 e. The lowest BCUT2D eigenvalue weighted by Gasteiger charge is -2.31. The van der Waals surface area contributed by atoms with Crippen molar-refractivity contribution in [2.24, 2.45) is 5.92 Å². The molecule has 9 nitrogen and oxygen atoms in total. The molecule has 1 aromatic carbocycles.